The minimum absolute atomic E-state index is 0.0220. The van der Waals surface area contributed by atoms with Gasteiger partial charge >= 0.3 is 0 Å². The second-order valence-corrected chi connectivity index (χ2v) is 7.58. The highest BCUT2D eigenvalue weighted by Crippen LogP contribution is 2.35. The van der Waals surface area contributed by atoms with E-state index in [2.05, 4.69) is 30.6 Å². The van der Waals surface area contributed by atoms with Gasteiger partial charge in [-0.3, -0.25) is 9.59 Å². The van der Waals surface area contributed by atoms with E-state index in [0.717, 1.165) is 19.3 Å². The Balaban J connectivity index is 3.35. The van der Waals surface area contributed by atoms with E-state index in [0.29, 0.717) is 13.1 Å². The van der Waals surface area contributed by atoms with E-state index in [-0.39, 0.29) is 35.9 Å². The molecule has 1 saturated heterocycles. The fourth-order valence-electron chi connectivity index (χ4n) is 4.48. The Hall–Kier alpha value is -1.40. The predicted molar refractivity (Wildman–Crippen MR) is 109 cm³/mol. The molecule has 0 bridgehead atoms. The topological polar surface area (TPSA) is 70.7 Å². The van der Waals surface area contributed by atoms with Gasteiger partial charge in [-0.1, -0.05) is 25.5 Å². The van der Waals surface area contributed by atoms with Crippen LogP contribution in [-0.2, 0) is 14.3 Å². The third-order valence-corrected chi connectivity index (χ3v) is 5.73. The number of likely N-dealkylation sites (N-methyl/N-ethyl adjacent to an activating group) is 2. The van der Waals surface area contributed by atoms with E-state index in [1.165, 1.54) is 0 Å². The Labute approximate surface area is 165 Å². The minimum atomic E-state index is -0.496. The third kappa shape index (κ3) is 5.55. The maximum absolute atomic E-state index is 12.5. The molecule has 0 aromatic rings. The summed E-state index contributed by atoms with van der Waals surface area (Å²) in [5.74, 6) is 0.213. The molecule has 156 valence electrons. The Kier molecular flexibility index (Phi) is 9.47. The molecule has 0 unspecified atom stereocenters. The number of hydrogen-bond acceptors (Lipinski definition) is 4. The first-order valence-corrected chi connectivity index (χ1v) is 10.3. The van der Waals surface area contributed by atoms with Crippen molar-refractivity contribution in [2.24, 2.45) is 5.92 Å². The Morgan fingerprint density at radius 3 is 2.48 bits per heavy atom. The number of nitrogens with one attached hydrogen (secondary N) is 2. The highest BCUT2D eigenvalue weighted by Gasteiger charge is 2.49. The van der Waals surface area contributed by atoms with Gasteiger partial charge in [-0.05, 0) is 46.5 Å². The van der Waals surface area contributed by atoms with Crippen molar-refractivity contribution in [1.82, 2.24) is 15.5 Å². The lowest BCUT2D eigenvalue weighted by Crippen LogP contribution is -2.63. The van der Waals surface area contributed by atoms with Gasteiger partial charge in [-0.25, -0.2) is 0 Å². The van der Waals surface area contributed by atoms with E-state index in [9.17, 15) is 9.59 Å². The Morgan fingerprint density at radius 1 is 1.37 bits per heavy atom. The first-order valence-electron chi connectivity index (χ1n) is 10.3. The van der Waals surface area contributed by atoms with Gasteiger partial charge in [0.1, 0.15) is 0 Å². The number of allylic oxidation sites excluding steroid dienone is 1. The molecule has 0 radical (unpaired) electrons. The molecular formula is C21H39N3O3. The molecule has 1 aliphatic rings. The molecule has 0 aliphatic carbocycles. The number of amides is 2. The first kappa shape index (κ1) is 23.6. The van der Waals surface area contributed by atoms with Gasteiger partial charge < -0.3 is 20.3 Å². The average molecular weight is 382 g/mol. The number of rotatable bonds is 10. The summed E-state index contributed by atoms with van der Waals surface area (Å²) in [6, 6.07) is -0.466. The second-order valence-electron chi connectivity index (χ2n) is 7.58. The van der Waals surface area contributed by atoms with Gasteiger partial charge in [0.15, 0.2) is 0 Å². The lowest BCUT2D eigenvalue weighted by atomic mass is 9.80. The molecule has 1 fully saturated rings. The maximum Gasteiger partial charge on any atom is 0.237 e. The summed E-state index contributed by atoms with van der Waals surface area (Å²) in [6.45, 7) is 13.0. The van der Waals surface area contributed by atoms with Crippen molar-refractivity contribution in [3.63, 3.8) is 0 Å². The van der Waals surface area contributed by atoms with Crippen LogP contribution in [0.5, 0.6) is 0 Å². The van der Waals surface area contributed by atoms with Crippen molar-refractivity contribution < 1.29 is 14.3 Å². The average Bonchev–Trinajstić information content (AvgIpc) is 3.03. The van der Waals surface area contributed by atoms with Gasteiger partial charge in [-0.2, -0.15) is 0 Å². The number of methoxy groups -OCH3 is 1. The van der Waals surface area contributed by atoms with Crippen LogP contribution >= 0.6 is 0 Å². The van der Waals surface area contributed by atoms with Crippen molar-refractivity contribution in [3.05, 3.63) is 12.2 Å². The van der Waals surface area contributed by atoms with E-state index in [1.807, 2.05) is 31.7 Å². The zero-order chi connectivity index (χ0) is 20.6. The highest BCUT2D eigenvalue weighted by atomic mass is 16.5. The van der Waals surface area contributed by atoms with Crippen molar-refractivity contribution in [3.8, 4) is 0 Å². The normalized spacial score (nSPS) is 26.0. The summed E-state index contributed by atoms with van der Waals surface area (Å²) in [4.78, 5) is 26.8. The number of ether oxygens (including phenoxy) is 1. The van der Waals surface area contributed by atoms with Crippen LogP contribution in [0.4, 0.5) is 0 Å². The quantitative estimate of drug-likeness (QED) is 0.571. The van der Waals surface area contributed by atoms with E-state index >= 15 is 0 Å². The molecule has 1 aliphatic heterocycles. The van der Waals surface area contributed by atoms with Crippen molar-refractivity contribution >= 4 is 11.8 Å². The molecule has 0 saturated carbocycles. The number of hydrogen-bond donors (Lipinski definition) is 2. The number of carbonyl (C=O) groups excluding carboxylic acids is 2. The molecule has 6 nitrogen and oxygen atoms in total. The molecule has 0 aromatic heterocycles. The molecule has 2 N–H and O–H groups in total. The van der Waals surface area contributed by atoms with Gasteiger partial charge in [-0.15, -0.1) is 0 Å². The predicted octanol–water partition coefficient (Wildman–Crippen LogP) is 2.49. The smallest absolute Gasteiger partial charge is 0.237 e. The van der Waals surface area contributed by atoms with Crippen molar-refractivity contribution in [2.45, 2.75) is 84.5 Å². The van der Waals surface area contributed by atoms with Crippen LogP contribution in [0.15, 0.2) is 12.2 Å². The Morgan fingerprint density at radius 2 is 2.04 bits per heavy atom. The summed E-state index contributed by atoms with van der Waals surface area (Å²) >= 11 is 0. The van der Waals surface area contributed by atoms with Crippen LogP contribution < -0.4 is 10.6 Å². The maximum atomic E-state index is 12.5. The summed E-state index contributed by atoms with van der Waals surface area (Å²) in [5.41, 5.74) is -0.496. The lowest BCUT2D eigenvalue weighted by molar-refractivity contribution is -0.143. The number of carbonyl (C=O) groups is 2. The second kappa shape index (κ2) is 10.8. The van der Waals surface area contributed by atoms with E-state index < -0.39 is 5.60 Å². The summed E-state index contributed by atoms with van der Waals surface area (Å²) in [6.07, 6.45) is 6.70. The van der Waals surface area contributed by atoms with Gasteiger partial charge in [0, 0.05) is 33.2 Å². The fraction of sp³-hybridized carbons (Fsp3) is 0.810. The van der Waals surface area contributed by atoms with Crippen LogP contribution in [-0.4, -0.2) is 60.6 Å². The summed E-state index contributed by atoms with van der Waals surface area (Å²) < 4.78 is 6.00. The fourth-order valence-corrected chi connectivity index (χ4v) is 4.48. The van der Waals surface area contributed by atoms with E-state index in [4.69, 9.17) is 4.74 Å². The zero-order valence-electron chi connectivity index (χ0n) is 18.2. The lowest BCUT2D eigenvalue weighted by Gasteiger charge is -2.47. The van der Waals surface area contributed by atoms with E-state index in [1.54, 1.807) is 14.0 Å². The number of nitrogens with zero attached hydrogens (tertiary/aromatic N) is 1. The van der Waals surface area contributed by atoms with Crippen LogP contribution in [0, 0.1) is 5.92 Å². The van der Waals surface area contributed by atoms with Crippen LogP contribution in [0.1, 0.15) is 60.8 Å². The standard InChI is InChI=1S/C21H39N3O3/c1-8-12-16-14-17(20(26)22-10-3)23-18(16)19(24(11-4)15(5)25)21(6,27-7)13-9-2/h8,12,16-19,23H,9-11,13-14H2,1-7H3,(H,22,26)/t16-,17-,18-,19-,21+/m1/s1. The molecule has 1 rings (SSSR count). The molecule has 27 heavy (non-hydrogen) atoms. The molecule has 2 amide bonds. The molecule has 0 aromatic carbocycles. The zero-order valence-corrected chi connectivity index (χ0v) is 18.2. The van der Waals surface area contributed by atoms with Crippen LogP contribution in [0.2, 0.25) is 0 Å². The van der Waals surface area contributed by atoms with Gasteiger partial charge in [0.25, 0.3) is 0 Å². The molecule has 1 heterocycles. The Bertz CT molecular complexity index is 523. The minimum Gasteiger partial charge on any atom is -0.376 e. The summed E-state index contributed by atoms with van der Waals surface area (Å²) in [5, 5.41) is 6.46. The monoisotopic (exact) mass is 381 g/mol. The third-order valence-electron chi connectivity index (χ3n) is 5.73. The van der Waals surface area contributed by atoms with Crippen LogP contribution in [0.3, 0.4) is 0 Å². The molecular weight excluding hydrogens is 342 g/mol. The summed E-state index contributed by atoms with van der Waals surface area (Å²) in [7, 11) is 1.72. The van der Waals surface area contributed by atoms with Crippen LogP contribution in [0.25, 0.3) is 0 Å². The SMILES string of the molecule is CC=C[C@@H]1C[C@H](C(=O)NCC)N[C@H]1[C@@H](N(CC)C(C)=O)[C@](C)(CCC)OC. The largest absolute Gasteiger partial charge is 0.376 e. The van der Waals surface area contributed by atoms with Gasteiger partial charge in [0.05, 0.1) is 17.7 Å². The molecule has 6 heteroatoms. The molecule has 5 atom stereocenters. The van der Waals surface area contributed by atoms with Crippen molar-refractivity contribution in [1.29, 1.82) is 0 Å². The first-order chi connectivity index (χ1) is 12.8. The highest BCUT2D eigenvalue weighted by molar-refractivity contribution is 5.82. The molecule has 0 spiro atoms. The van der Waals surface area contributed by atoms with Crippen molar-refractivity contribution in [2.75, 3.05) is 20.2 Å². The van der Waals surface area contributed by atoms with Gasteiger partial charge in [0.2, 0.25) is 11.8 Å².